The Hall–Kier alpha value is -1.55. The summed E-state index contributed by atoms with van der Waals surface area (Å²) in [6, 6.07) is 4.55. The summed E-state index contributed by atoms with van der Waals surface area (Å²) in [5.41, 5.74) is 5.87. The lowest BCUT2D eigenvalue weighted by Crippen LogP contribution is -2.67. The SMILES string of the molecule is CC1(C)C(=O)N(c2cc(Cl)ccc2C#CCN)S1(=O)=O. The second-order valence-electron chi connectivity index (χ2n) is 4.75. The summed E-state index contributed by atoms with van der Waals surface area (Å²) < 4.78 is 23.7. The highest BCUT2D eigenvalue weighted by Crippen LogP contribution is 2.41. The monoisotopic (exact) mass is 312 g/mol. The zero-order chi connectivity index (χ0) is 15.1. The molecule has 0 aliphatic carbocycles. The van der Waals surface area contributed by atoms with Crippen LogP contribution in [0.5, 0.6) is 0 Å². The molecule has 0 bridgehead atoms. The lowest BCUT2D eigenvalue weighted by molar-refractivity contribution is -0.120. The maximum absolute atomic E-state index is 12.2. The topological polar surface area (TPSA) is 80.5 Å². The van der Waals surface area contributed by atoms with Crippen molar-refractivity contribution in [3.05, 3.63) is 28.8 Å². The molecule has 2 rings (SSSR count). The molecule has 2 N–H and O–H groups in total. The van der Waals surface area contributed by atoms with E-state index in [2.05, 4.69) is 11.8 Å². The predicted molar refractivity (Wildman–Crippen MR) is 77.9 cm³/mol. The zero-order valence-electron chi connectivity index (χ0n) is 11.0. The molecule has 1 aromatic carbocycles. The molecule has 106 valence electrons. The number of halogens is 1. The fourth-order valence-corrected chi connectivity index (χ4v) is 3.48. The number of amides is 1. The molecular weight excluding hydrogens is 300 g/mol. The number of benzene rings is 1. The Labute approximate surface area is 122 Å². The third-order valence-electron chi connectivity index (χ3n) is 3.09. The van der Waals surface area contributed by atoms with Gasteiger partial charge in [0, 0.05) is 10.6 Å². The molecule has 0 unspecified atom stereocenters. The maximum atomic E-state index is 12.2. The number of sulfonamides is 1. The molecule has 1 amide bonds. The number of nitrogens with two attached hydrogens (primary N) is 1. The van der Waals surface area contributed by atoms with E-state index in [0.717, 1.165) is 4.31 Å². The molecule has 0 spiro atoms. The summed E-state index contributed by atoms with van der Waals surface area (Å²) >= 11 is 5.88. The fourth-order valence-electron chi connectivity index (χ4n) is 1.82. The van der Waals surface area contributed by atoms with E-state index in [9.17, 15) is 13.2 Å². The molecule has 7 heteroatoms. The molecule has 1 aromatic rings. The number of hydrogen-bond donors (Lipinski definition) is 1. The molecule has 1 aliphatic rings. The van der Waals surface area contributed by atoms with Gasteiger partial charge in [-0.15, -0.1) is 0 Å². The van der Waals surface area contributed by atoms with Crippen molar-refractivity contribution < 1.29 is 13.2 Å². The van der Waals surface area contributed by atoms with Crippen LogP contribution in [0.1, 0.15) is 19.4 Å². The van der Waals surface area contributed by atoms with Crippen molar-refractivity contribution in [2.45, 2.75) is 18.6 Å². The summed E-state index contributed by atoms with van der Waals surface area (Å²) in [4.78, 5) is 12.1. The summed E-state index contributed by atoms with van der Waals surface area (Å²) in [7, 11) is -3.74. The Morgan fingerprint density at radius 2 is 2.05 bits per heavy atom. The average Bonchev–Trinajstić information content (AvgIpc) is 2.37. The first-order valence-corrected chi connectivity index (χ1v) is 7.63. The molecule has 5 nitrogen and oxygen atoms in total. The molecule has 0 saturated carbocycles. The molecule has 1 fully saturated rings. The highest BCUT2D eigenvalue weighted by atomic mass is 35.5. The van der Waals surface area contributed by atoms with Crippen molar-refractivity contribution in [3.63, 3.8) is 0 Å². The highest BCUT2D eigenvalue weighted by molar-refractivity contribution is 7.98. The van der Waals surface area contributed by atoms with Crippen molar-refractivity contribution in [2.24, 2.45) is 5.73 Å². The van der Waals surface area contributed by atoms with Gasteiger partial charge >= 0.3 is 0 Å². The summed E-state index contributed by atoms with van der Waals surface area (Å²) in [5, 5.41) is 0.325. The van der Waals surface area contributed by atoms with Crippen molar-refractivity contribution in [3.8, 4) is 11.8 Å². The highest BCUT2D eigenvalue weighted by Gasteiger charge is 2.61. The van der Waals surface area contributed by atoms with Crippen LogP contribution in [0.25, 0.3) is 0 Å². The molecule has 1 saturated heterocycles. The van der Waals surface area contributed by atoms with Crippen LogP contribution in [0.2, 0.25) is 5.02 Å². The van der Waals surface area contributed by atoms with Gasteiger partial charge in [0.1, 0.15) is 0 Å². The van der Waals surface area contributed by atoms with E-state index in [1.54, 1.807) is 12.1 Å². The summed E-state index contributed by atoms with van der Waals surface area (Å²) in [6.07, 6.45) is 0. The van der Waals surface area contributed by atoms with Crippen LogP contribution in [0.15, 0.2) is 18.2 Å². The first-order chi connectivity index (χ1) is 9.23. The lowest BCUT2D eigenvalue weighted by Gasteiger charge is -2.43. The van der Waals surface area contributed by atoms with Crippen LogP contribution in [0.4, 0.5) is 5.69 Å². The van der Waals surface area contributed by atoms with Crippen LogP contribution >= 0.6 is 11.6 Å². The van der Waals surface area contributed by atoms with Gasteiger partial charge in [0.15, 0.2) is 4.75 Å². The molecule has 0 radical (unpaired) electrons. The predicted octanol–water partition coefficient (Wildman–Crippen LogP) is 1.11. The van der Waals surface area contributed by atoms with E-state index in [-0.39, 0.29) is 12.2 Å². The Kier molecular flexibility index (Phi) is 3.54. The zero-order valence-corrected chi connectivity index (χ0v) is 12.5. The number of nitrogens with zero attached hydrogens (tertiary/aromatic N) is 1. The van der Waals surface area contributed by atoms with E-state index < -0.39 is 20.7 Å². The van der Waals surface area contributed by atoms with Crippen LogP contribution in [-0.4, -0.2) is 25.6 Å². The van der Waals surface area contributed by atoms with Crippen LogP contribution in [-0.2, 0) is 14.8 Å². The Balaban J connectivity index is 2.60. The van der Waals surface area contributed by atoms with Crippen LogP contribution < -0.4 is 10.0 Å². The number of carbonyl (C=O) groups excluding carboxylic acids is 1. The van der Waals surface area contributed by atoms with Gasteiger partial charge in [-0.05, 0) is 32.0 Å². The van der Waals surface area contributed by atoms with Crippen molar-refractivity contribution in [1.29, 1.82) is 0 Å². The standard InChI is InChI=1S/C13H13ClN2O3S/c1-13(2)12(17)16(20(13,18)19)11-8-10(14)6-5-9(11)4-3-7-15/h5-6,8H,7,15H2,1-2H3. The fraction of sp³-hybridized carbons (Fsp3) is 0.308. The van der Waals surface area contributed by atoms with Gasteiger partial charge in [0.2, 0.25) is 0 Å². The molecular formula is C13H13ClN2O3S. The van der Waals surface area contributed by atoms with Crippen molar-refractivity contribution in [1.82, 2.24) is 0 Å². The third-order valence-corrected chi connectivity index (χ3v) is 5.63. The van der Waals surface area contributed by atoms with Gasteiger partial charge in [-0.3, -0.25) is 4.79 Å². The minimum Gasteiger partial charge on any atom is -0.320 e. The van der Waals surface area contributed by atoms with Gasteiger partial charge in [-0.25, -0.2) is 12.7 Å². The summed E-state index contributed by atoms with van der Waals surface area (Å²) in [5.74, 6) is 4.87. The van der Waals surface area contributed by atoms with Gasteiger partial charge in [0.25, 0.3) is 15.9 Å². The minimum atomic E-state index is -3.74. The normalized spacial score (nSPS) is 19.0. The Morgan fingerprint density at radius 1 is 1.40 bits per heavy atom. The largest absolute Gasteiger partial charge is 0.320 e. The first kappa shape index (κ1) is 14.9. The Morgan fingerprint density at radius 3 is 2.60 bits per heavy atom. The number of rotatable bonds is 1. The molecule has 1 aliphatic heterocycles. The summed E-state index contributed by atoms with van der Waals surface area (Å²) in [6.45, 7) is 2.88. The number of anilines is 1. The van der Waals surface area contributed by atoms with Gasteiger partial charge in [-0.2, -0.15) is 0 Å². The van der Waals surface area contributed by atoms with Crippen molar-refractivity contribution in [2.75, 3.05) is 10.8 Å². The van der Waals surface area contributed by atoms with E-state index in [1.165, 1.54) is 19.9 Å². The van der Waals surface area contributed by atoms with Crippen LogP contribution in [0, 0.1) is 11.8 Å². The number of hydrogen-bond acceptors (Lipinski definition) is 4. The minimum absolute atomic E-state index is 0.133. The van der Waals surface area contributed by atoms with E-state index in [4.69, 9.17) is 17.3 Å². The number of carbonyl (C=O) groups is 1. The van der Waals surface area contributed by atoms with Gasteiger partial charge in [-0.1, -0.05) is 23.4 Å². The third kappa shape index (κ3) is 1.99. The molecule has 1 heterocycles. The first-order valence-electron chi connectivity index (χ1n) is 5.81. The lowest BCUT2D eigenvalue weighted by atomic mass is 10.1. The van der Waals surface area contributed by atoms with E-state index >= 15 is 0 Å². The molecule has 0 aromatic heterocycles. The second kappa shape index (κ2) is 4.77. The molecule has 0 atom stereocenters. The smallest absolute Gasteiger partial charge is 0.263 e. The van der Waals surface area contributed by atoms with Gasteiger partial charge in [0.05, 0.1) is 12.2 Å². The maximum Gasteiger partial charge on any atom is 0.263 e. The second-order valence-corrected chi connectivity index (χ2v) is 7.52. The average molecular weight is 313 g/mol. The molecule has 20 heavy (non-hydrogen) atoms. The van der Waals surface area contributed by atoms with E-state index in [0.29, 0.717) is 10.6 Å². The quantitative estimate of drug-likeness (QED) is 0.788. The van der Waals surface area contributed by atoms with Crippen molar-refractivity contribution >= 4 is 33.2 Å². The van der Waals surface area contributed by atoms with E-state index in [1.807, 2.05) is 0 Å². The van der Waals surface area contributed by atoms with Crippen LogP contribution in [0.3, 0.4) is 0 Å². The Bertz CT molecular complexity index is 745. The van der Waals surface area contributed by atoms with Gasteiger partial charge < -0.3 is 5.73 Å².